The Morgan fingerprint density at radius 1 is 1.00 bits per heavy atom. The Bertz CT molecular complexity index is 498. The van der Waals surface area contributed by atoms with E-state index in [0.717, 1.165) is 6.20 Å². The summed E-state index contributed by atoms with van der Waals surface area (Å²) < 4.78 is -0.0950. The molecule has 3 N–H and O–H groups in total. The maximum Gasteiger partial charge on any atom is 0.355 e. The highest BCUT2D eigenvalue weighted by molar-refractivity contribution is 9.10. The molecule has 0 saturated heterocycles. The second-order valence-corrected chi connectivity index (χ2v) is 3.47. The van der Waals surface area contributed by atoms with E-state index < -0.39 is 34.7 Å². The molecular weight excluding hydrogens is 286 g/mol. The minimum absolute atomic E-state index is 0.0950. The van der Waals surface area contributed by atoms with Crippen molar-refractivity contribution >= 4 is 33.8 Å². The van der Waals surface area contributed by atoms with Gasteiger partial charge in [0.25, 0.3) is 0 Å². The van der Waals surface area contributed by atoms with Crippen molar-refractivity contribution in [3.8, 4) is 0 Å². The molecule has 7 nitrogen and oxygen atoms in total. The van der Waals surface area contributed by atoms with Crippen LogP contribution >= 0.6 is 15.9 Å². The molecule has 1 aromatic heterocycles. The fraction of sp³-hybridized carbons (Fsp3) is 0. The van der Waals surface area contributed by atoms with E-state index in [4.69, 9.17) is 15.3 Å². The number of carboxylic acids is 3. The van der Waals surface area contributed by atoms with Crippen LogP contribution in [0.15, 0.2) is 10.7 Å². The van der Waals surface area contributed by atoms with E-state index in [1.165, 1.54) is 0 Å². The average molecular weight is 290 g/mol. The van der Waals surface area contributed by atoms with Gasteiger partial charge in [0.2, 0.25) is 0 Å². The summed E-state index contributed by atoms with van der Waals surface area (Å²) in [5.74, 6) is -4.81. The number of rotatable bonds is 3. The van der Waals surface area contributed by atoms with E-state index in [-0.39, 0.29) is 4.47 Å². The van der Waals surface area contributed by atoms with Gasteiger partial charge in [0.05, 0.1) is 10.0 Å². The first-order valence-corrected chi connectivity index (χ1v) is 4.54. The van der Waals surface area contributed by atoms with Gasteiger partial charge in [-0.15, -0.1) is 0 Å². The van der Waals surface area contributed by atoms with Crippen LogP contribution in [0.3, 0.4) is 0 Å². The Labute approximate surface area is 96.5 Å². The third-order valence-electron chi connectivity index (χ3n) is 1.66. The first kappa shape index (κ1) is 12.1. The van der Waals surface area contributed by atoms with Gasteiger partial charge in [-0.1, -0.05) is 0 Å². The molecule has 0 bridgehead atoms. The number of aromatic carboxylic acids is 3. The summed E-state index contributed by atoms with van der Waals surface area (Å²) >= 11 is 2.80. The maximum absolute atomic E-state index is 10.8. The molecule has 0 fully saturated rings. The summed E-state index contributed by atoms with van der Waals surface area (Å²) in [6.07, 6.45) is 0.930. The Kier molecular flexibility index (Phi) is 3.23. The second kappa shape index (κ2) is 4.27. The number of carbonyl (C=O) groups is 3. The SMILES string of the molecule is O=C(O)c1ncc(Br)c(C(=O)O)c1C(=O)O. The fourth-order valence-electron chi connectivity index (χ4n) is 1.07. The summed E-state index contributed by atoms with van der Waals surface area (Å²) in [5.41, 5.74) is -2.30. The topological polar surface area (TPSA) is 125 Å². The van der Waals surface area contributed by atoms with Crippen LogP contribution in [0.2, 0.25) is 0 Å². The van der Waals surface area contributed by atoms with Crippen molar-refractivity contribution in [1.29, 1.82) is 0 Å². The van der Waals surface area contributed by atoms with Crippen LogP contribution < -0.4 is 0 Å². The van der Waals surface area contributed by atoms with Gasteiger partial charge in [-0.2, -0.15) is 0 Å². The van der Waals surface area contributed by atoms with Crippen molar-refractivity contribution in [2.24, 2.45) is 0 Å². The van der Waals surface area contributed by atoms with Crippen LogP contribution in [-0.4, -0.2) is 38.2 Å². The van der Waals surface area contributed by atoms with E-state index in [2.05, 4.69) is 20.9 Å². The minimum Gasteiger partial charge on any atom is -0.478 e. The summed E-state index contributed by atoms with van der Waals surface area (Å²) in [5, 5.41) is 26.2. The standard InChI is InChI=1S/C8H4BrNO6/c9-2-1-10-5(8(15)16)4(7(13)14)3(2)6(11)12/h1H,(H,11,12)(H,13,14)(H,15,16). The Balaban J connectivity index is 3.70. The zero-order valence-electron chi connectivity index (χ0n) is 7.47. The van der Waals surface area contributed by atoms with Crippen molar-refractivity contribution in [3.05, 3.63) is 27.5 Å². The number of nitrogens with zero attached hydrogens (tertiary/aromatic N) is 1. The lowest BCUT2D eigenvalue weighted by molar-refractivity contribution is 0.0628. The molecule has 0 atom stereocenters. The number of pyridine rings is 1. The number of halogens is 1. The van der Waals surface area contributed by atoms with Crippen LogP contribution in [0.1, 0.15) is 31.2 Å². The van der Waals surface area contributed by atoms with Gasteiger partial charge in [-0.05, 0) is 15.9 Å². The minimum atomic E-state index is -1.66. The average Bonchev–Trinajstić information content (AvgIpc) is 2.15. The monoisotopic (exact) mass is 289 g/mol. The molecule has 0 unspecified atom stereocenters. The molecule has 16 heavy (non-hydrogen) atoms. The van der Waals surface area contributed by atoms with Crippen LogP contribution in [0, 0.1) is 0 Å². The van der Waals surface area contributed by atoms with Crippen molar-refractivity contribution in [2.45, 2.75) is 0 Å². The summed E-state index contributed by atoms with van der Waals surface area (Å²) in [6, 6.07) is 0. The van der Waals surface area contributed by atoms with Gasteiger partial charge >= 0.3 is 17.9 Å². The van der Waals surface area contributed by atoms with Crippen LogP contribution in [0.5, 0.6) is 0 Å². The third-order valence-corrected chi connectivity index (χ3v) is 2.26. The lowest BCUT2D eigenvalue weighted by Gasteiger charge is -2.06. The molecule has 8 heteroatoms. The van der Waals surface area contributed by atoms with Crippen LogP contribution in [0.25, 0.3) is 0 Å². The normalized spacial score (nSPS) is 9.81. The molecule has 0 radical (unpaired) electrons. The number of hydrogen-bond acceptors (Lipinski definition) is 4. The van der Waals surface area contributed by atoms with Gasteiger partial charge in [0.1, 0.15) is 5.56 Å². The predicted octanol–water partition coefficient (Wildman–Crippen LogP) is 0.939. The number of aromatic nitrogens is 1. The summed E-state index contributed by atoms with van der Waals surface area (Å²) in [4.78, 5) is 35.7. The van der Waals surface area contributed by atoms with Gasteiger partial charge in [-0.3, -0.25) is 0 Å². The maximum atomic E-state index is 10.8. The molecule has 0 aliphatic carbocycles. The molecule has 0 aromatic carbocycles. The number of carboxylic acid groups (broad SMARTS) is 3. The van der Waals surface area contributed by atoms with Gasteiger partial charge in [0.15, 0.2) is 5.69 Å². The molecule has 84 valence electrons. The molecule has 0 aliphatic heterocycles. The lowest BCUT2D eigenvalue weighted by atomic mass is 10.1. The first-order chi connectivity index (χ1) is 7.36. The fourth-order valence-corrected chi connectivity index (χ4v) is 1.54. The molecule has 0 saturated carbocycles. The first-order valence-electron chi connectivity index (χ1n) is 3.74. The smallest absolute Gasteiger partial charge is 0.355 e. The molecule has 1 aromatic rings. The Morgan fingerprint density at radius 2 is 1.50 bits per heavy atom. The van der Waals surface area contributed by atoms with E-state index in [0.29, 0.717) is 0 Å². The molecular formula is C8H4BrNO6. The highest BCUT2D eigenvalue weighted by Gasteiger charge is 2.27. The second-order valence-electron chi connectivity index (χ2n) is 2.62. The molecule has 1 rings (SSSR count). The van der Waals surface area contributed by atoms with E-state index in [9.17, 15) is 14.4 Å². The van der Waals surface area contributed by atoms with E-state index in [1.807, 2.05) is 0 Å². The highest BCUT2D eigenvalue weighted by atomic mass is 79.9. The largest absolute Gasteiger partial charge is 0.478 e. The third kappa shape index (κ3) is 2.01. The van der Waals surface area contributed by atoms with Gasteiger partial charge in [-0.25, -0.2) is 19.4 Å². The van der Waals surface area contributed by atoms with Crippen molar-refractivity contribution in [2.75, 3.05) is 0 Å². The van der Waals surface area contributed by atoms with Crippen molar-refractivity contribution in [1.82, 2.24) is 4.98 Å². The molecule has 0 aliphatic rings. The van der Waals surface area contributed by atoms with Crippen LogP contribution in [-0.2, 0) is 0 Å². The molecule has 1 heterocycles. The Hall–Kier alpha value is -1.96. The van der Waals surface area contributed by atoms with E-state index >= 15 is 0 Å². The predicted molar refractivity (Wildman–Crippen MR) is 52.8 cm³/mol. The zero-order valence-corrected chi connectivity index (χ0v) is 9.05. The molecule has 0 amide bonds. The quantitative estimate of drug-likeness (QED) is 0.756. The number of hydrogen-bond donors (Lipinski definition) is 3. The molecule has 0 spiro atoms. The van der Waals surface area contributed by atoms with Gasteiger partial charge in [0, 0.05) is 6.20 Å². The van der Waals surface area contributed by atoms with Crippen LogP contribution in [0.4, 0.5) is 0 Å². The van der Waals surface area contributed by atoms with Crippen molar-refractivity contribution < 1.29 is 29.7 Å². The Morgan fingerprint density at radius 3 is 1.88 bits per heavy atom. The highest BCUT2D eigenvalue weighted by Crippen LogP contribution is 2.22. The lowest BCUT2D eigenvalue weighted by Crippen LogP contribution is -2.17. The van der Waals surface area contributed by atoms with Gasteiger partial charge < -0.3 is 15.3 Å². The van der Waals surface area contributed by atoms with Crippen molar-refractivity contribution in [3.63, 3.8) is 0 Å². The van der Waals surface area contributed by atoms with E-state index in [1.54, 1.807) is 0 Å². The zero-order chi connectivity index (χ0) is 12.5. The summed E-state index contributed by atoms with van der Waals surface area (Å²) in [6.45, 7) is 0. The summed E-state index contributed by atoms with van der Waals surface area (Å²) in [7, 11) is 0.